The van der Waals surface area contributed by atoms with Gasteiger partial charge in [0.25, 0.3) is 11.6 Å². The number of anilines is 1. The number of hydrogen-bond donors (Lipinski definition) is 1. The topological polar surface area (TPSA) is 93.9 Å². The van der Waals surface area contributed by atoms with Gasteiger partial charge in [-0.15, -0.1) is 0 Å². The van der Waals surface area contributed by atoms with E-state index < -0.39 is 11.1 Å². The first-order valence-corrected chi connectivity index (χ1v) is 9.39. The predicted molar refractivity (Wildman–Crippen MR) is 108 cm³/mol. The summed E-state index contributed by atoms with van der Waals surface area (Å²) in [6, 6.07) is 19.1. The number of nitrogens with one attached hydrogen (secondary N) is 1. The zero-order valence-corrected chi connectivity index (χ0v) is 15.8. The minimum atomic E-state index is -0.558. The van der Waals surface area contributed by atoms with E-state index in [1.54, 1.807) is 23.1 Å². The largest absolute Gasteiger partial charge is 0.454 e. The molecular weight excluding hydrogens is 386 g/mol. The Morgan fingerprint density at radius 1 is 1.03 bits per heavy atom. The fourth-order valence-electron chi connectivity index (χ4n) is 3.76. The van der Waals surface area contributed by atoms with Crippen molar-refractivity contribution >= 4 is 17.3 Å². The lowest BCUT2D eigenvalue weighted by Gasteiger charge is -2.38. The van der Waals surface area contributed by atoms with E-state index in [0.29, 0.717) is 34.9 Å². The number of amides is 1. The Morgan fingerprint density at radius 3 is 2.73 bits per heavy atom. The van der Waals surface area contributed by atoms with Crippen LogP contribution in [-0.4, -0.2) is 22.5 Å². The van der Waals surface area contributed by atoms with Gasteiger partial charge in [0.05, 0.1) is 10.5 Å². The molecule has 0 radical (unpaired) electrons. The van der Waals surface area contributed by atoms with Gasteiger partial charge in [0.2, 0.25) is 6.79 Å². The third-order valence-electron chi connectivity index (χ3n) is 5.21. The van der Waals surface area contributed by atoms with E-state index in [9.17, 15) is 14.9 Å². The van der Waals surface area contributed by atoms with Gasteiger partial charge in [-0.1, -0.05) is 30.3 Å². The summed E-state index contributed by atoms with van der Waals surface area (Å²) in [5.74, 6) is 1.15. The average molecular weight is 403 g/mol. The molecule has 1 amide bonds. The summed E-state index contributed by atoms with van der Waals surface area (Å²) < 4.78 is 10.8. The molecule has 0 bridgehead atoms. The van der Waals surface area contributed by atoms with Crippen molar-refractivity contribution in [1.29, 1.82) is 0 Å². The molecule has 0 aromatic heterocycles. The molecule has 150 valence electrons. The third-order valence-corrected chi connectivity index (χ3v) is 5.21. The highest BCUT2D eigenvalue weighted by molar-refractivity contribution is 6.01. The van der Waals surface area contributed by atoms with Crippen molar-refractivity contribution < 1.29 is 19.2 Å². The van der Waals surface area contributed by atoms with Crippen LogP contribution in [0.2, 0.25) is 0 Å². The van der Waals surface area contributed by atoms with E-state index in [4.69, 9.17) is 9.47 Å². The van der Waals surface area contributed by atoms with Crippen molar-refractivity contribution in [3.05, 3.63) is 93.5 Å². The van der Waals surface area contributed by atoms with Crippen molar-refractivity contribution in [2.45, 2.75) is 12.7 Å². The van der Waals surface area contributed by atoms with Crippen molar-refractivity contribution in [1.82, 2.24) is 4.90 Å². The van der Waals surface area contributed by atoms with Gasteiger partial charge in [-0.2, -0.15) is 0 Å². The number of para-hydroxylation sites is 1. The first-order valence-electron chi connectivity index (χ1n) is 9.39. The lowest BCUT2D eigenvalue weighted by Crippen LogP contribution is -2.42. The monoisotopic (exact) mass is 403 g/mol. The van der Waals surface area contributed by atoms with E-state index in [2.05, 4.69) is 5.32 Å². The Kier molecular flexibility index (Phi) is 4.24. The Morgan fingerprint density at radius 2 is 1.87 bits per heavy atom. The lowest BCUT2D eigenvalue weighted by molar-refractivity contribution is -0.384. The number of hydrogen-bond acceptors (Lipinski definition) is 6. The van der Waals surface area contributed by atoms with Crippen LogP contribution in [-0.2, 0) is 6.54 Å². The predicted octanol–water partition coefficient (Wildman–Crippen LogP) is 4.09. The van der Waals surface area contributed by atoms with Crippen LogP contribution in [0, 0.1) is 10.1 Å². The quantitative estimate of drug-likeness (QED) is 0.521. The number of nitrogens with zero attached hydrogens (tertiary/aromatic N) is 2. The molecule has 3 aromatic carbocycles. The molecule has 3 aromatic rings. The maximum absolute atomic E-state index is 13.4. The molecule has 0 spiro atoms. The lowest BCUT2D eigenvalue weighted by atomic mass is 10.0. The maximum Gasteiger partial charge on any atom is 0.269 e. The van der Waals surface area contributed by atoms with Crippen LogP contribution in [0.25, 0.3) is 0 Å². The van der Waals surface area contributed by atoms with E-state index in [1.807, 2.05) is 36.4 Å². The molecule has 1 unspecified atom stereocenters. The Balaban J connectivity index is 1.55. The van der Waals surface area contributed by atoms with Gasteiger partial charge >= 0.3 is 0 Å². The van der Waals surface area contributed by atoms with Crippen LogP contribution in [0.5, 0.6) is 11.5 Å². The zero-order valence-electron chi connectivity index (χ0n) is 15.8. The maximum atomic E-state index is 13.4. The van der Waals surface area contributed by atoms with Crippen LogP contribution in [0.1, 0.15) is 27.7 Å². The van der Waals surface area contributed by atoms with Crippen LogP contribution in [0.4, 0.5) is 11.4 Å². The molecule has 2 heterocycles. The SMILES string of the molecule is O=C1c2ccccc2NC(c2cccc([N+](=O)[O-])c2)N1Cc1ccc2c(c1)OCO2. The van der Waals surface area contributed by atoms with Gasteiger partial charge in [-0.05, 0) is 29.8 Å². The number of benzene rings is 3. The second kappa shape index (κ2) is 7.07. The summed E-state index contributed by atoms with van der Waals surface area (Å²) in [4.78, 5) is 25.8. The smallest absolute Gasteiger partial charge is 0.269 e. The van der Waals surface area contributed by atoms with Gasteiger partial charge in [-0.25, -0.2) is 0 Å². The first kappa shape index (κ1) is 18.0. The van der Waals surface area contributed by atoms with Crippen molar-refractivity contribution in [2.24, 2.45) is 0 Å². The second-order valence-electron chi connectivity index (χ2n) is 7.07. The van der Waals surface area contributed by atoms with Crippen LogP contribution in [0.15, 0.2) is 66.7 Å². The number of non-ortho nitro benzene ring substituents is 1. The molecule has 0 saturated carbocycles. The van der Waals surface area contributed by atoms with Gasteiger partial charge in [0.15, 0.2) is 11.5 Å². The summed E-state index contributed by atoms with van der Waals surface area (Å²) in [5, 5.41) is 14.6. The summed E-state index contributed by atoms with van der Waals surface area (Å²) in [6.07, 6.45) is -0.558. The summed E-state index contributed by atoms with van der Waals surface area (Å²) in [6.45, 7) is 0.469. The molecule has 2 aliphatic rings. The van der Waals surface area contributed by atoms with Crippen LogP contribution in [0.3, 0.4) is 0 Å². The molecule has 0 aliphatic carbocycles. The number of carbonyl (C=O) groups excluding carboxylic acids is 1. The van der Waals surface area contributed by atoms with Crippen LogP contribution >= 0.6 is 0 Å². The van der Waals surface area contributed by atoms with Crippen molar-refractivity contribution in [3.63, 3.8) is 0 Å². The number of nitro benzene ring substituents is 1. The molecule has 1 N–H and O–H groups in total. The molecular formula is C22H17N3O5. The fourth-order valence-corrected chi connectivity index (χ4v) is 3.76. The molecule has 0 saturated heterocycles. The van der Waals surface area contributed by atoms with Gasteiger partial charge < -0.3 is 19.7 Å². The van der Waals surface area contributed by atoms with E-state index in [1.165, 1.54) is 12.1 Å². The third kappa shape index (κ3) is 3.08. The van der Waals surface area contributed by atoms with E-state index >= 15 is 0 Å². The minimum Gasteiger partial charge on any atom is -0.454 e. The molecule has 5 rings (SSSR count). The summed E-state index contributed by atoms with van der Waals surface area (Å²) in [7, 11) is 0. The second-order valence-corrected chi connectivity index (χ2v) is 7.07. The molecule has 8 heteroatoms. The highest BCUT2D eigenvalue weighted by Gasteiger charge is 2.33. The summed E-state index contributed by atoms with van der Waals surface area (Å²) in [5.41, 5.74) is 2.72. The van der Waals surface area contributed by atoms with E-state index in [0.717, 1.165) is 5.56 Å². The molecule has 8 nitrogen and oxygen atoms in total. The number of nitro groups is 1. The molecule has 1 atom stereocenters. The normalized spacial score (nSPS) is 16.7. The van der Waals surface area contributed by atoms with Gasteiger partial charge in [0.1, 0.15) is 6.17 Å². The van der Waals surface area contributed by atoms with Crippen LogP contribution < -0.4 is 14.8 Å². The average Bonchev–Trinajstić information content (AvgIpc) is 3.23. The highest BCUT2D eigenvalue weighted by Crippen LogP contribution is 2.37. The Labute approximate surface area is 171 Å². The minimum absolute atomic E-state index is 0.0244. The number of rotatable bonds is 4. The highest BCUT2D eigenvalue weighted by atomic mass is 16.7. The molecule has 0 fully saturated rings. The fraction of sp³-hybridized carbons (Fsp3) is 0.136. The standard InChI is InChI=1S/C22H17N3O5/c26-22-17-6-1-2-7-18(17)23-21(15-4-3-5-16(11-15)25(27)28)24(22)12-14-8-9-19-20(10-14)30-13-29-19/h1-11,21,23H,12-13H2. The number of carbonyl (C=O) groups is 1. The zero-order chi connectivity index (χ0) is 20.7. The molecule has 30 heavy (non-hydrogen) atoms. The first-order chi connectivity index (χ1) is 14.6. The summed E-state index contributed by atoms with van der Waals surface area (Å²) >= 11 is 0. The van der Waals surface area contributed by atoms with E-state index in [-0.39, 0.29) is 18.4 Å². The number of ether oxygens (including phenoxy) is 2. The van der Waals surface area contributed by atoms with Crippen molar-refractivity contribution in [2.75, 3.05) is 12.1 Å². The molecule has 2 aliphatic heterocycles. The van der Waals surface area contributed by atoms with Gasteiger partial charge in [0, 0.05) is 29.9 Å². The Hall–Kier alpha value is -4.07. The van der Waals surface area contributed by atoms with Crippen molar-refractivity contribution in [3.8, 4) is 11.5 Å². The number of fused-ring (bicyclic) bond motifs is 2. The Bertz CT molecular complexity index is 1160. The van der Waals surface area contributed by atoms with Gasteiger partial charge in [-0.3, -0.25) is 14.9 Å².